The Bertz CT molecular complexity index is 383. The molecule has 1 aliphatic carbocycles. The molecule has 0 amide bonds. The summed E-state index contributed by atoms with van der Waals surface area (Å²) in [6.07, 6.45) is 8.34. The third-order valence-corrected chi connectivity index (χ3v) is 3.76. The lowest BCUT2D eigenvalue weighted by Gasteiger charge is -2.20. The van der Waals surface area contributed by atoms with Crippen LogP contribution in [0, 0.1) is 5.41 Å². The standard InChI is InChI=1S/C14H21NO/c1-3-4-11(9-14(2)7-8-14)12-5-6-13(16)15-10-12/h5-6,10-11H,3-4,7-9H2,1-2H3,(H,15,16). The first-order chi connectivity index (χ1) is 7.63. The van der Waals surface area contributed by atoms with E-state index in [0.717, 1.165) is 0 Å². The number of nitrogens with one attached hydrogen (secondary N) is 1. The molecule has 2 heteroatoms. The largest absolute Gasteiger partial charge is 0.329 e. The van der Waals surface area contributed by atoms with Crippen LogP contribution in [0.5, 0.6) is 0 Å². The molecule has 1 N–H and O–H groups in total. The van der Waals surface area contributed by atoms with E-state index in [1.165, 1.54) is 37.7 Å². The fraction of sp³-hybridized carbons (Fsp3) is 0.643. The van der Waals surface area contributed by atoms with E-state index in [9.17, 15) is 4.79 Å². The zero-order valence-electron chi connectivity index (χ0n) is 10.3. The third-order valence-electron chi connectivity index (χ3n) is 3.76. The van der Waals surface area contributed by atoms with Gasteiger partial charge < -0.3 is 4.98 Å². The maximum absolute atomic E-state index is 11.0. The van der Waals surface area contributed by atoms with E-state index in [4.69, 9.17) is 0 Å². The molecule has 16 heavy (non-hydrogen) atoms. The third kappa shape index (κ3) is 2.75. The van der Waals surface area contributed by atoms with Crippen molar-refractivity contribution in [1.29, 1.82) is 0 Å². The van der Waals surface area contributed by atoms with E-state index in [0.29, 0.717) is 11.3 Å². The Kier molecular flexibility index (Phi) is 3.17. The number of pyridine rings is 1. The Labute approximate surface area is 97.1 Å². The van der Waals surface area contributed by atoms with Gasteiger partial charge in [0.25, 0.3) is 0 Å². The average molecular weight is 219 g/mol. The molecule has 1 saturated carbocycles. The van der Waals surface area contributed by atoms with Crippen LogP contribution in [-0.4, -0.2) is 4.98 Å². The fourth-order valence-corrected chi connectivity index (χ4v) is 2.42. The Balaban J connectivity index is 2.11. The van der Waals surface area contributed by atoms with Crippen LogP contribution in [0.1, 0.15) is 57.4 Å². The van der Waals surface area contributed by atoms with Crippen molar-refractivity contribution in [3.8, 4) is 0 Å². The molecule has 1 atom stereocenters. The molecule has 2 nitrogen and oxygen atoms in total. The second-order valence-corrected chi connectivity index (χ2v) is 5.49. The summed E-state index contributed by atoms with van der Waals surface area (Å²) in [7, 11) is 0. The minimum absolute atomic E-state index is 0.00312. The Hall–Kier alpha value is -1.05. The molecule has 88 valence electrons. The fourth-order valence-electron chi connectivity index (χ4n) is 2.42. The van der Waals surface area contributed by atoms with Gasteiger partial charge in [-0.15, -0.1) is 0 Å². The maximum Gasteiger partial charge on any atom is 0.247 e. The van der Waals surface area contributed by atoms with Gasteiger partial charge in [0.1, 0.15) is 0 Å². The molecule has 0 bridgehead atoms. The van der Waals surface area contributed by atoms with Gasteiger partial charge in [-0.25, -0.2) is 0 Å². The van der Waals surface area contributed by atoms with Gasteiger partial charge in [0, 0.05) is 12.3 Å². The molecular formula is C14H21NO. The number of H-pyrrole nitrogens is 1. The molecule has 0 aliphatic heterocycles. The minimum Gasteiger partial charge on any atom is -0.329 e. The van der Waals surface area contributed by atoms with Gasteiger partial charge >= 0.3 is 0 Å². The second kappa shape index (κ2) is 4.44. The van der Waals surface area contributed by atoms with Crippen molar-refractivity contribution >= 4 is 0 Å². The van der Waals surface area contributed by atoms with Gasteiger partial charge in [-0.05, 0) is 42.6 Å². The molecular weight excluding hydrogens is 198 g/mol. The van der Waals surface area contributed by atoms with Crippen molar-refractivity contribution in [3.05, 3.63) is 34.2 Å². The monoisotopic (exact) mass is 219 g/mol. The van der Waals surface area contributed by atoms with E-state index in [1.54, 1.807) is 6.07 Å². The lowest BCUT2D eigenvalue weighted by Crippen LogP contribution is -2.09. The molecule has 0 aromatic carbocycles. The highest BCUT2D eigenvalue weighted by Crippen LogP contribution is 2.52. The van der Waals surface area contributed by atoms with E-state index in [1.807, 2.05) is 12.3 Å². The quantitative estimate of drug-likeness (QED) is 0.808. The summed E-state index contributed by atoms with van der Waals surface area (Å²) in [6.45, 7) is 4.61. The Morgan fingerprint density at radius 2 is 2.19 bits per heavy atom. The molecule has 1 fully saturated rings. The van der Waals surface area contributed by atoms with Crippen molar-refractivity contribution in [1.82, 2.24) is 4.98 Å². The highest BCUT2D eigenvalue weighted by molar-refractivity contribution is 5.16. The minimum atomic E-state index is -0.00312. The van der Waals surface area contributed by atoms with Crippen LogP contribution in [-0.2, 0) is 0 Å². The first kappa shape index (κ1) is 11.4. The zero-order chi connectivity index (χ0) is 11.6. The molecule has 1 aliphatic rings. The molecule has 0 spiro atoms. The van der Waals surface area contributed by atoms with Gasteiger partial charge in [0.2, 0.25) is 5.56 Å². The first-order valence-corrected chi connectivity index (χ1v) is 6.32. The zero-order valence-corrected chi connectivity index (χ0v) is 10.3. The van der Waals surface area contributed by atoms with Crippen molar-refractivity contribution in [2.24, 2.45) is 5.41 Å². The highest BCUT2D eigenvalue weighted by Gasteiger charge is 2.39. The van der Waals surface area contributed by atoms with Crippen LogP contribution < -0.4 is 5.56 Å². The van der Waals surface area contributed by atoms with E-state index < -0.39 is 0 Å². The number of hydrogen-bond donors (Lipinski definition) is 1. The summed E-state index contributed by atoms with van der Waals surface area (Å²) in [6, 6.07) is 3.64. The molecule has 1 aromatic heterocycles. The summed E-state index contributed by atoms with van der Waals surface area (Å²) >= 11 is 0. The van der Waals surface area contributed by atoms with Crippen molar-refractivity contribution in [2.45, 2.75) is 51.9 Å². The van der Waals surface area contributed by atoms with Crippen molar-refractivity contribution < 1.29 is 0 Å². The summed E-state index contributed by atoms with van der Waals surface area (Å²) in [5.74, 6) is 0.620. The molecule has 0 saturated heterocycles. The lowest BCUT2D eigenvalue weighted by molar-refractivity contribution is 0.428. The molecule has 1 unspecified atom stereocenters. The predicted octanol–water partition coefficient (Wildman–Crippen LogP) is 3.45. The summed E-state index contributed by atoms with van der Waals surface area (Å²) in [5.41, 5.74) is 1.88. The molecule has 2 rings (SSSR count). The van der Waals surface area contributed by atoms with Gasteiger partial charge in [-0.2, -0.15) is 0 Å². The maximum atomic E-state index is 11.0. The summed E-state index contributed by atoms with van der Waals surface area (Å²) in [4.78, 5) is 13.8. The SMILES string of the molecule is CCCC(CC1(C)CC1)c1ccc(=O)[nH]c1. The van der Waals surface area contributed by atoms with Crippen LogP contribution in [0.25, 0.3) is 0 Å². The average Bonchev–Trinajstić information content (AvgIpc) is 2.97. The second-order valence-electron chi connectivity index (χ2n) is 5.49. The van der Waals surface area contributed by atoms with Crippen LogP contribution >= 0.6 is 0 Å². The van der Waals surface area contributed by atoms with Crippen molar-refractivity contribution in [3.63, 3.8) is 0 Å². The number of aromatic amines is 1. The molecule has 1 heterocycles. The van der Waals surface area contributed by atoms with Crippen molar-refractivity contribution in [2.75, 3.05) is 0 Å². The Morgan fingerprint density at radius 1 is 1.44 bits per heavy atom. The van der Waals surface area contributed by atoms with Crippen LogP contribution in [0.4, 0.5) is 0 Å². The number of aromatic nitrogens is 1. The van der Waals surface area contributed by atoms with Gasteiger partial charge in [-0.3, -0.25) is 4.79 Å². The highest BCUT2D eigenvalue weighted by atomic mass is 16.1. The Morgan fingerprint density at radius 3 is 2.69 bits per heavy atom. The predicted molar refractivity (Wildman–Crippen MR) is 66.7 cm³/mol. The van der Waals surface area contributed by atoms with Crippen LogP contribution in [0.15, 0.2) is 23.1 Å². The van der Waals surface area contributed by atoms with Gasteiger partial charge in [0.15, 0.2) is 0 Å². The summed E-state index contributed by atoms with van der Waals surface area (Å²) < 4.78 is 0. The van der Waals surface area contributed by atoms with E-state index >= 15 is 0 Å². The molecule has 1 aromatic rings. The smallest absolute Gasteiger partial charge is 0.247 e. The summed E-state index contributed by atoms with van der Waals surface area (Å²) in [5, 5.41) is 0. The van der Waals surface area contributed by atoms with Gasteiger partial charge in [-0.1, -0.05) is 26.3 Å². The first-order valence-electron chi connectivity index (χ1n) is 6.32. The lowest BCUT2D eigenvalue weighted by atomic mass is 9.85. The topological polar surface area (TPSA) is 32.9 Å². The number of hydrogen-bond acceptors (Lipinski definition) is 1. The van der Waals surface area contributed by atoms with E-state index in [2.05, 4.69) is 18.8 Å². The molecule has 0 radical (unpaired) electrons. The van der Waals surface area contributed by atoms with Crippen LogP contribution in [0.3, 0.4) is 0 Å². The van der Waals surface area contributed by atoms with E-state index in [-0.39, 0.29) is 5.56 Å². The number of rotatable bonds is 5. The normalized spacial score (nSPS) is 19.4. The van der Waals surface area contributed by atoms with Crippen LogP contribution in [0.2, 0.25) is 0 Å². The van der Waals surface area contributed by atoms with Gasteiger partial charge in [0.05, 0.1) is 0 Å².